The molecule has 2 N–H and O–H groups in total. The minimum atomic E-state index is -1.85. The Labute approximate surface area is 87.4 Å². The van der Waals surface area contributed by atoms with Gasteiger partial charge < -0.3 is 19.5 Å². The first kappa shape index (κ1) is 12.0. The smallest absolute Gasteiger partial charge is 0.465 e. The van der Waals surface area contributed by atoms with Crippen molar-refractivity contribution in [3.63, 3.8) is 0 Å². The number of ether oxygens (including phenoxy) is 2. The molecule has 0 spiro atoms. The van der Waals surface area contributed by atoms with Gasteiger partial charge in [0.2, 0.25) is 0 Å². The molecule has 0 bridgehead atoms. The average molecular weight is 214 g/mol. The van der Waals surface area contributed by atoms with Crippen LogP contribution in [-0.4, -0.2) is 31.1 Å². The van der Waals surface area contributed by atoms with Gasteiger partial charge in [-0.3, -0.25) is 0 Å². The van der Waals surface area contributed by atoms with Crippen molar-refractivity contribution >= 4 is 12.6 Å². The zero-order chi connectivity index (χ0) is 11.4. The predicted octanol–water partition coefficient (Wildman–Crippen LogP) is -0.203. The van der Waals surface area contributed by atoms with Crippen molar-refractivity contribution < 1.29 is 23.9 Å². The molecule has 0 aromatic heterocycles. The lowest BCUT2D eigenvalue weighted by Crippen LogP contribution is -2.33. The lowest BCUT2D eigenvalue weighted by atomic mass is 9.79. The summed E-state index contributed by atoms with van der Waals surface area (Å²) in [5, 5.41) is 17.8. The van der Waals surface area contributed by atoms with Crippen molar-refractivity contribution in [2.24, 2.45) is 0 Å². The normalized spacial score (nSPS) is 10.2. The van der Waals surface area contributed by atoms with Crippen LogP contribution in [0.2, 0.25) is 0 Å². The van der Waals surface area contributed by atoms with E-state index < -0.39 is 12.9 Å². The Hall–Kier alpha value is -1.11. The summed E-state index contributed by atoms with van der Waals surface area (Å²) in [6, 6.07) is 2.81. The van der Waals surface area contributed by atoms with E-state index in [1.807, 2.05) is 0 Å². The summed E-state index contributed by atoms with van der Waals surface area (Å²) in [4.78, 5) is 0. The first-order chi connectivity index (χ1) is 7.06. The third kappa shape index (κ3) is 2.92. The molecule has 0 aliphatic heterocycles. The number of hydrogen-bond acceptors (Lipinski definition) is 4. The standard InChI is InChI=1S/C9H12BFO4/c1-6-3-7(10(12)13)9(11)8(4-6)15-5-14-2/h3-4,12-13H,5H2,1-2H3. The van der Waals surface area contributed by atoms with Crippen LogP contribution in [0.3, 0.4) is 0 Å². The molecule has 0 heterocycles. The van der Waals surface area contributed by atoms with Crippen molar-refractivity contribution in [1.82, 2.24) is 0 Å². The van der Waals surface area contributed by atoms with E-state index in [-0.39, 0.29) is 18.0 Å². The van der Waals surface area contributed by atoms with Gasteiger partial charge in [0.15, 0.2) is 18.4 Å². The van der Waals surface area contributed by atoms with Crippen LogP contribution in [0.4, 0.5) is 4.39 Å². The van der Waals surface area contributed by atoms with Crippen molar-refractivity contribution in [2.75, 3.05) is 13.9 Å². The summed E-state index contributed by atoms with van der Waals surface area (Å²) in [7, 11) is -0.440. The quantitative estimate of drug-likeness (QED) is 0.538. The molecule has 0 unspecified atom stereocenters. The first-order valence-corrected chi connectivity index (χ1v) is 4.34. The van der Waals surface area contributed by atoms with E-state index >= 15 is 0 Å². The fourth-order valence-electron chi connectivity index (χ4n) is 1.18. The summed E-state index contributed by atoms with van der Waals surface area (Å²) in [6.45, 7) is 1.60. The first-order valence-electron chi connectivity index (χ1n) is 4.34. The molecule has 0 amide bonds. The van der Waals surface area contributed by atoms with Gasteiger partial charge in [0, 0.05) is 12.6 Å². The van der Waals surface area contributed by atoms with Crippen molar-refractivity contribution in [2.45, 2.75) is 6.92 Å². The second-order valence-electron chi connectivity index (χ2n) is 3.09. The Morgan fingerprint density at radius 2 is 2.07 bits per heavy atom. The second-order valence-corrected chi connectivity index (χ2v) is 3.09. The summed E-state index contributed by atoms with van der Waals surface area (Å²) >= 11 is 0. The van der Waals surface area contributed by atoms with E-state index in [0.29, 0.717) is 5.56 Å². The Bertz CT molecular complexity index is 343. The Morgan fingerprint density at radius 3 is 2.60 bits per heavy atom. The van der Waals surface area contributed by atoms with Crippen LogP contribution in [0.25, 0.3) is 0 Å². The fourth-order valence-corrected chi connectivity index (χ4v) is 1.18. The Kier molecular flexibility index (Phi) is 4.08. The minimum Gasteiger partial charge on any atom is -0.465 e. The van der Waals surface area contributed by atoms with Gasteiger partial charge in [0.05, 0.1) is 0 Å². The second kappa shape index (κ2) is 5.11. The monoisotopic (exact) mass is 214 g/mol. The topological polar surface area (TPSA) is 58.9 Å². The van der Waals surface area contributed by atoms with E-state index in [4.69, 9.17) is 14.8 Å². The molecule has 0 saturated carbocycles. The molecule has 0 atom stereocenters. The van der Waals surface area contributed by atoms with E-state index in [1.54, 1.807) is 6.92 Å². The highest BCUT2D eigenvalue weighted by molar-refractivity contribution is 6.58. The van der Waals surface area contributed by atoms with E-state index in [2.05, 4.69) is 4.74 Å². The van der Waals surface area contributed by atoms with Gasteiger partial charge >= 0.3 is 7.12 Å². The van der Waals surface area contributed by atoms with E-state index in [9.17, 15) is 4.39 Å². The van der Waals surface area contributed by atoms with E-state index in [0.717, 1.165) is 0 Å². The lowest BCUT2D eigenvalue weighted by Gasteiger charge is -2.10. The van der Waals surface area contributed by atoms with Gasteiger partial charge in [-0.15, -0.1) is 0 Å². The summed E-state index contributed by atoms with van der Waals surface area (Å²) < 4.78 is 23.1. The summed E-state index contributed by atoms with van der Waals surface area (Å²) in [6.07, 6.45) is 0. The zero-order valence-electron chi connectivity index (χ0n) is 8.53. The molecule has 1 aromatic carbocycles. The maximum atomic E-state index is 13.5. The molecule has 4 nitrogen and oxygen atoms in total. The molecule has 0 saturated heterocycles. The highest BCUT2D eigenvalue weighted by Gasteiger charge is 2.20. The van der Waals surface area contributed by atoms with Gasteiger partial charge in [-0.25, -0.2) is 4.39 Å². The van der Waals surface area contributed by atoms with Gasteiger partial charge in [-0.05, 0) is 18.6 Å². The Morgan fingerprint density at radius 1 is 1.40 bits per heavy atom. The van der Waals surface area contributed by atoms with Gasteiger partial charge in [0.25, 0.3) is 0 Å². The summed E-state index contributed by atoms with van der Waals surface area (Å²) in [5.41, 5.74) is 0.465. The molecular weight excluding hydrogens is 202 g/mol. The molecule has 6 heteroatoms. The lowest BCUT2D eigenvalue weighted by molar-refractivity contribution is 0.0483. The molecule has 0 fully saturated rings. The van der Waals surface area contributed by atoms with Crippen LogP contribution in [-0.2, 0) is 4.74 Å². The summed E-state index contributed by atoms with van der Waals surface area (Å²) in [5.74, 6) is -0.840. The largest absolute Gasteiger partial charge is 0.491 e. The van der Waals surface area contributed by atoms with Gasteiger partial charge in [-0.1, -0.05) is 6.07 Å². The maximum absolute atomic E-state index is 13.5. The molecule has 1 rings (SSSR count). The van der Waals surface area contributed by atoms with Crippen LogP contribution in [0.5, 0.6) is 5.75 Å². The molecule has 15 heavy (non-hydrogen) atoms. The molecular formula is C9H12BFO4. The van der Waals surface area contributed by atoms with Crippen LogP contribution < -0.4 is 10.2 Å². The number of hydrogen-bond donors (Lipinski definition) is 2. The van der Waals surface area contributed by atoms with Gasteiger partial charge in [-0.2, -0.15) is 0 Å². The van der Waals surface area contributed by atoms with Crippen molar-refractivity contribution in [3.05, 3.63) is 23.5 Å². The zero-order valence-corrected chi connectivity index (χ0v) is 8.53. The van der Waals surface area contributed by atoms with Crippen LogP contribution >= 0.6 is 0 Å². The third-order valence-electron chi connectivity index (χ3n) is 1.82. The molecule has 82 valence electrons. The van der Waals surface area contributed by atoms with E-state index in [1.165, 1.54) is 19.2 Å². The highest BCUT2D eigenvalue weighted by atomic mass is 19.1. The van der Waals surface area contributed by atoms with Crippen molar-refractivity contribution in [1.29, 1.82) is 0 Å². The number of benzene rings is 1. The van der Waals surface area contributed by atoms with Crippen LogP contribution in [0.15, 0.2) is 12.1 Å². The van der Waals surface area contributed by atoms with Gasteiger partial charge in [0.1, 0.15) is 0 Å². The van der Waals surface area contributed by atoms with Crippen molar-refractivity contribution in [3.8, 4) is 5.75 Å². The molecule has 0 aliphatic carbocycles. The molecule has 0 radical (unpaired) electrons. The number of aryl methyl sites for hydroxylation is 1. The predicted molar refractivity (Wildman–Crippen MR) is 53.5 cm³/mol. The third-order valence-corrected chi connectivity index (χ3v) is 1.82. The maximum Gasteiger partial charge on any atom is 0.491 e. The number of rotatable bonds is 4. The SMILES string of the molecule is COCOc1cc(C)cc(B(O)O)c1F. The fraction of sp³-hybridized carbons (Fsp3) is 0.333. The average Bonchev–Trinajstić information content (AvgIpc) is 2.18. The molecule has 0 aliphatic rings. The molecule has 1 aromatic rings. The van der Waals surface area contributed by atoms with Crippen LogP contribution in [0.1, 0.15) is 5.56 Å². The Balaban J connectivity index is 3.05. The number of halogens is 1. The minimum absolute atomic E-state index is 0.0556. The number of methoxy groups -OCH3 is 1. The highest BCUT2D eigenvalue weighted by Crippen LogP contribution is 2.17. The van der Waals surface area contributed by atoms with Crippen LogP contribution in [0, 0.1) is 12.7 Å².